The standard InChI is InChI=1S/C29H35NO4/c1-21(16-26-20-32-23(3)30-26)28-17-29(33-19-25-12-8-5-9-13-25)22(2)27(34-28)14-15-31-18-24-10-6-4-7-11-24/h4-13,16,20,22,27-29H,14-15,17-19H2,1-3H3/b21-16-/t22-,27+,28+,29+/m0/s1. The number of oxazole rings is 1. The monoisotopic (exact) mass is 461 g/mol. The van der Waals surface area contributed by atoms with E-state index >= 15 is 0 Å². The zero-order chi connectivity index (χ0) is 23.8. The molecule has 2 heterocycles. The number of nitrogens with zero attached hydrogens (tertiary/aromatic N) is 1. The summed E-state index contributed by atoms with van der Waals surface area (Å²) in [5.41, 5.74) is 4.32. The van der Waals surface area contributed by atoms with Crippen molar-refractivity contribution >= 4 is 6.08 Å². The number of ether oxygens (including phenoxy) is 3. The molecule has 0 unspecified atom stereocenters. The second-order valence-electron chi connectivity index (χ2n) is 9.10. The van der Waals surface area contributed by atoms with Crippen LogP contribution in [0.25, 0.3) is 6.08 Å². The van der Waals surface area contributed by atoms with Gasteiger partial charge in [-0.3, -0.25) is 0 Å². The molecule has 2 aromatic carbocycles. The highest BCUT2D eigenvalue weighted by Gasteiger charge is 2.37. The van der Waals surface area contributed by atoms with Gasteiger partial charge in [0.1, 0.15) is 12.0 Å². The molecular formula is C29H35NO4. The van der Waals surface area contributed by atoms with Crippen molar-refractivity contribution in [2.75, 3.05) is 6.61 Å². The normalized spacial score (nSPS) is 23.2. The van der Waals surface area contributed by atoms with E-state index in [0.717, 1.165) is 24.1 Å². The molecule has 1 saturated heterocycles. The van der Waals surface area contributed by atoms with E-state index in [9.17, 15) is 0 Å². The summed E-state index contributed by atoms with van der Waals surface area (Å²) < 4.78 is 24.4. The lowest BCUT2D eigenvalue weighted by molar-refractivity contribution is -0.147. The van der Waals surface area contributed by atoms with E-state index in [1.165, 1.54) is 11.1 Å². The van der Waals surface area contributed by atoms with Gasteiger partial charge in [-0.1, -0.05) is 67.6 Å². The molecule has 4 rings (SSSR count). The van der Waals surface area contributed by atoms with Gasteiger partial charge in [-0.15, -0.1) is 0 Å². The van der Waals surface area contributed by atoms with Gasteiger partial charge in [0, 0.05) is 25.9 Å². The molecular weight excluding hydrogens is 426 g/mol. The third kappa shape index (κ3) is 6.89. The maximum Gasteiger partial charge on any atom is 0.191 e. The molecule has 0 N–H and O–H groups in total. The van der Waals surface area contributed by atoms with Crippen molar-refractivity contribution in [3.8, 4) is 0 Å². The Bertz CT molecular complexity index is 1030. The van der Waals surface area contributed by atoms with Crippen LogP contribution in [-0.2, 0) is 27.4 Å². The molecule has 1 fully saturated rings. The van der Waals surface area contributed by atoms with Crippen LogP contribution in [0, 0.1) is 12.8 Å². The van der Waals surface area contributed by atoms with Crippen molar-refractivity contribution in [1.82, 2.24) is 4.98 Å². The molecule has 5 heteroatoms. The summed E-state index contributed by atoms with van der Waals surface area (Å²) in [5, 5.41) is 0. The fourth-order valence-corrected chi connectivity index (χ4v) is 4.41. The minimum atomic E-state index is -0.0342. The van der Waals surface area contributed by atoms with E-state index < -0.39 is 0 Å². The zero-order valence-corrected chi connectivity index (χ0v) is 20.4. The van der Waals surface area contributed by atoms with E-state index in [0.29, 0.717) is 25.7 Å². The first kappa shape index (κ1) is 24.4. The van der Waals surface area contributed by atoms with Crippen LogP contribution in [0.5, 0.6) is 0 Å². The van der Waals surface area contributed by atoms with Crippen LogP contribution < -0.4 is 0 Å². The fraction of sp³-hybridized carbons (Fsp3) is 0.414. The molecule has 0 bridgehead atoms. The summed E-state index contributed by atoms with van der Waals surface area (Å²) in [4.78, 5) is 4.41. The van der Waals surface area contributed by atoms with Crippen LogP contribution in [0.4, 0.5) is 0 Å². The summed E-state index contributed by atoms with van der Waals surface area (Å²) >= 11 is 0. The van der Waals surface area contributed by atoms with Gasteiger partial charge in [-0.25, -0.2) is 4.98 Å². The first-order chi connectivity index (χ1) is 16.6. The number of aryl methyl sites for hydroxylation is 1. The highest BCUT2D eigenvalue weighted by atomic mass is 16.5. The highest BCUT2D eigenvalue weighted by molar-refractivity contribution is 5.48. The maximum atomic E-state index is 6.59. The molecule has 1 aliphatic heterocycles. The maximum absolute atomic E-state index is 6.59. The van der Waals surface area contributed by atoms with Crippen molar-refractivity contribution < 1.29 is 18.6 Å². The van der Waals surface area contributed by atoms with E-state index in [-0.39, 0.29) is 24.2 Å². The number of hydrogen-bond donors (Lipinski definition) is 0. The van der Waals surface area contributed by atoms with Gasteiger partial charge in [0.2, 0.25) is 0 Å². The largest absolute Gasteiger partial charge is 0.449 e. The number of benzene rings is 2. The summed E-state index contributed by atoms with van der Waals surface area (Å²) in [6, 6.07) is 20.6. The van der Waals surface area contributed by atoms with E-state index in [4.69, 9.17) is 18.6 Å². The average Bonchev–Trinajstić information content (AvgIpc) is 3.27. The first-order valence-electron chi connectivity index (χ1n) is 12.1. The molecule has 0 aliphatic carbocycles. The Morgan fingerprint density at radius 3 is 2.35 bits per heavy atom. The third-order valence-electron chi connectivity index (χ3n) is 6.44. The average molecular weight is 462 g/mol. The number of hydrogen-bond acceptors (Lipinski definition) is 5. The number of aromatic nitrogens is 1. The highest BCUT2D eigenvalue weighted by Crippen LogP contribution is 2.33. The Balaban J connectivity index is 1.40. The minimum Gasteiger partial charge on any atom is -0.449 e. The van der Waals surface area contributed by atoms with Crippen LogP contribution in [0.15, 0.2) is 76.9 Å². The summed E-state index contributed by atoms with van der Waals surface area (Å²) in [6.07, 6.45) is 5.49. The Morgan fingerprint density at radius 2 is 1.71 bits per heavy atom. The van der Waals surface area contributed by atoms with Crippen molar-refractivity contribution in [3.63, 3.8) is 0 Å². The third-order valence-corrected chi connectivity index (χ3v) is 6.44. The van der Waals surface area contributed by atoms with E-state index in [1.54, 1.807) is 6.26 Å². The van der Waals surface area contributed by atoms with Gasteiger partial charge in [0.15, 0.2) is 5.89 Å². The summed E-state index contributed by atoms with van der Waals surface area (Å²) in [7, 11) is 0. The fourth-order valence-electron chi connectivity index (χ4n) is 4.41. The van der Waals surface area contributed by atoms with Crippen LogP contribution in [0.2, 0.25) is 0 Å². The summed E-state index contributed by atoms with van der Waals surface area (Å²) in [5.74, 6) is 0.928. The van der Waals surface area contributed by atoms with Crippen LogP contribution in [-0.4, -0.2) is 29.9 Å². The Kier molecular flexibility index (Phi) is 8.69. The first-order valence-corrected chi connectivity index (χ1v) is 12.1. The lowest BCUT2D eigenvalue weighted by Gasteiger charge is -2.41. The van der Waals surface area contributed by atoms with Gasteiger partial charge < -0.3 is 18.6 Å². The van der Waals surface area contributed by atoms with Crippen molar-refractivity contribution in [1.29, 1.82) is 0 Å². The van der Waals surface area contributed by atoms with Crippen molar-refractivity contribution in [3.05, 3.63) is 95.2 Å². The number of rotatable bonds is 10. The lowest BCUT2D eigenvalue weighted by atomic mass is 9.86. The predicted molar refractivity (Wildman–Crippen MR) is 133 cm³/mol. The molecule has 0 spiro atoms. The van der Waals surface area contributed by atoms with Gasteiger partial charge >= 0.3 is 0 Å². The van der Waals surface area contributed by atoms with Gasteiger partial charge in [0.25, 0.3) is 0 Å². The van der Waals surface area contributed by atoms with Crippen LogP contribution in [0.1, 0.15) is 49.4 Å². The SMILES string of the molecule is C/C(=C/c1coc(C)n1)[C@H]1C[C@@H](OCc2ccccc2)[C@@H](C)[C@@H](CCOCc2ccccc2)O1. The predicted octanol–water partition coefficient (Wildman–Crippen LogP) is 6.37. The van der Waals surface area contributed by atoms with Crippen LogP contribution >= 0.6 is 0 Å². The second kappa shape index (κ2) is 12.1. The molecule has 4 atom stereocenters. The molecule has 3 aromatic rings. The summed E-state index contributed by atoms with van der Waals surface area (Å²) in [6.45, 7) is 8.04. The Labute approximate surface area is 202 Å². The second-order valence-corrected chi connectivity index (χ2v) is 9.10. The zero-order valence-electron chi connectivity index (χ0n) is 20.4. The van der Waals surface area contributed by atoms with Crippen molar-refractivity contribution in [2.24, 2.45) is 5.92 Å². The smallest absolute Gasteiger partial charge is 0.191 e. The van der Waals surface area contributed by atoms with Gasteiger partial charge in [0.05, 0.1) is 31.5 Å². The van der Waals surface area contributed by atoms with Gasteiger partial charge in [-0.2, -0.15) is 0 Å². The molecule has 0 radical (unpaired) electrons. The Hall–Kier alpha value is -2.73. The minimum absolute atomic E-state index is 0.0342. The van der Waals surface area contributed by atoms with Crippen LogP contribution in [0.3, 0.4) is 0 Å². The van der Waals surface area contributed by atoms with Gasteiger partial charge in [-0.05, 0) is 36.1 Å². The molecule has 180 valence electrons. The molecule has 1 aromatic heterocycles. The van der Waals surface area contributed by atoms with E-state index in [1.807, 2.05) is 37.3 Å². The molecule has 1 aliphatic rings. The molecule has 34 heavy (non-hydrogen) atoms. The molecule has 0 saturated carbocycles. The Morgan fingerprint density at radius 1 is 1.03 bits per heavy atom. The quantitative estimate of drug-likeness (QED) is 0.328. The van der Waals surface area contributed by atoms with Crippen molar-refractivity contribution in [2.45, 2.75) is 65.1 Å². The molecule has 5 nitrogen and oxygen atoms in total. The molecule has 0 amide bonds. The topological polar surface area (TPSA) is 53.7 Å². The van der Waals surface area contributed by atoms with E-state index in [2.05, 4.69) is 55.2 Å². The lowest BCUT2D eigenvalue weighted by Crippen LogP contribution is -2.45.